The molecule has 26 heavy (non-hydrogen) atoms. The minimum atomic E-state index is -4.23. The zero-order valence-corrected chi connectivity index (χ0v) is 15.9. The molecule has 3 rings (SSSR count). The number of nitrogens with zero attached hydrogens (tertiary/aromatic N) is 2. The van der Waals surface area contributed by atoms with Gasteiger partial charge in [-0.05, 0) is 48.9 Å². The number of allylic oxidation sites excluding steroid dienone is 2. The molecule has 0 amide bonds. The van der Waals surface area contributed by atoms with Gasteiger partial charge < -0.3 is 4.90 Å². The number of fused-ring (bicyclic) bond motifs is 1. The first-order valence-electron chi connectivity index (χ1n) is 8.44. The van der Waals surface area contributed by atoms with Crippen LogP contribution in [0.15, 0.2) is 70.2 Å². The molecule has 0 aromatic heterocycles. The van der Waals surface area contributed by atoms with Gasteiger partial charge in [-0.1, -0.05) is 32.0 Å². The van der Waals surface area contributed by atoms with Crippen molar-refractivity contribution in [3.05, 3.63) is 65.9 Å². The summed E-state index contributed by atoms with van der Waals surface area (Å²) >= 11 is 0. The van der Waals surface area contributed by atoms with Gasteiger partial charge in [-0.15, -0.1) is 0 Å². The van der Waals surface area contributed by atoms with Gasteiger partial charge in [0.05, 0.1) is 10.6 Å². The highest BCUT2D eigenvalue weighted by Crippen LogP contribution is 2.48. The van der Waals surface area contributed by atoms with E-state index in [0.29, 0.717) is 0 Å². The predicted molar refractivity (Wildman–Crippen MR) is 105 cm³/mol. The van der Waals surface area contributed by atoms with Gasteiger partial charge in [-0.2, -0.15) is 8.42 Å². The topological polar surface area (TPSA) is 70.0 Å². The van der Waals surface area contributed by atoms with Crippen LogP contribution in [0.1, 0.15) is 26.3 Å². The molecule has 6 heteroatoms. The van der Waals surface area contributed by atoms with Crippen molar-refractivity contribution in [3.63, 3.8) is 0 Å². The maximum absolute atomic E-state index is 11.5. The number of aliphatic imine (C=N–C) groups is 1. The van der Waals surface area contributed by atoms with E-state index in [-0.39, 0.29) is 4.90 Å². The average molecular weight is 370 g/mol. The molecule has 136 valence electrons. The number of hydrogen-bond acceptors (Lipinski definition) is 4. The minimum absolute atomic E-state index is 0.0837. The third-order valence-corrected chi connectivity index (χ3v) is 5.54. The molecular weight excluding hydrogens is 348 g/mol. The van der Waals surface area contributed by atoms with Crippen LogP contribution >= 0.6 is 0 Å². The average Bonchev–Trinajstić information content (AvgIpc) is 2.82. The monoisotopic (exact) mass is 370 g/mol. The highest BCUT2D eigenvalue weighted by atomic mass is 32.2. The smallest absolute Gasteiger partial charge is 0.294 e. The Kier molecular flexibility index (Phi) is 4.73. The Morgan fingerprint density at radius 3 is 2.46 bits per heavy atom. The van der Waals surface area contributed by atoms with E-state index < -0.39 is 15.5 Å². The Bertz CT molecular complexity index is 977. The SMILES string of the molecule is CCN1/C(=C/C=Nc2ccccc2)C(C)(C)c2cc(S(=O)(=O)O)ccc21. The summed E-state index contributed by atoms with van der Waals surface area (Å²) in [5.41, 5.74) is 3.31. The van der Waals surface area contributed by atoms with Crippen molar-refractivity contribution in [3.8, 4) is 0 Å². The molecule has 0 saturated carbocycles. The molecule has 5 nitrogen and oxygen atoms in total. The van der Waals surface area contributed by atoms with Crippen LogP contribution in [0.25, 0.3) is 0 Å². The molecule has 1 heterocycles. The number of rotatable bonds is 4. The first-order valence-corrected chi connectivity index (χ1v) is 9.88. The summed E-state index contributed by atoms with van der Waals surface area (Å²) in [4.78, 5) is 6.51. The summed E-state index contributed by atoms with van der Waals surface area (Å²) in [6, 6.07) is 14.4. The Morgan fingerprint density at radius 1 is 1.15 bits per heavy atom. The van der Waals surface area contributed by atoms with Crippen molar-refractivity contribution < 1.29 is 13.0 Å². The highest BCUT2D eigenvalue weighted by molar-refractivity contribution is 7.85. The summed E-state index contributed by atoms with van der Waals surface area (Å²) in [6.07, 6.45) is 3.73. The van der Waals surface area contributed by atoms with Crippen LogP contribution in [-0.4, -0.2) is 25.7 Å². The lowest BCUT2D eigenvalue weighted by molar-refractivity contribution is 0.483. The number of para-hydroxylation sites is 1. The minimum Gasteiger partial charge on any atom is -0.344 e. The molecule has 1 aliphatic rings. The number of anilines is 1. The summed E-state index contributed by atoms with van der Waals surface area (Å²) in [6.45, 7) is 6.87. The molecule has 2 aromatic rings. The molecule has 0 spiro atoms. The second-order valence-corrected chi connectivity index (χ2v) is 8.11. The van der Waals surface area contributed by atoms with E-state index in [1.165, 1.54) is 6.07 Å². The summed E-state index contributed by atoms with van der Waals surface area (Å²) in [7, 11) is -4.23. The van der Waals surface area contributed by atoms with Crippen LogP contribution in [0, 0.1) is 0 Å². The van der Waals surface area contributed by atoms with Crippen LogP contribution in [0.4, 0.5) is 11.4 Å². The molecule has 1 N–H and O–H groups in total. The zero-order valence-electron chi connectivity index (χ0n) is 15.0. The van der Waals surface area contributed by atoms with E-state index in [4.69, 9.17) is 0 Å². The molecule has 0 aliphatic carbocycles. The lowest BCUT2D eigenvalue weighted by Gasteiger charge is -2.25. The first kappa shape index (κ1) is 18.4. The van der Waals surface area contributed by atoms with Crippen molar-refractivity contribution >= 4 is 27.7 Å². The number of likely N-dealkylation sites (N-methyl/N-ethyl adjacent to an activating group) is 1. The maximum atomic E-state index is 11.5. The van der Waals surface area contributed by atoms with Gasteiger partial charge in [0.1, 0.15) is 0 Å². The highest BCUT2D eigenvalue weighted by Gasteiger charge is 2.39. The van der Waals surface area contributed by atoms with E-state index in [1.807, 2.05) is 57.2 Å². The van der Waals surface area contributed by atoms with Gasteiger partial charge in [-0.25, -0.2) is 0 Å². The van der Waals surface area contributed by atoms with Crippen molar-refractivity contribution in [2.45, 2.75) is 31.1 Å². The van der Waals surface area contributed by atoms with E-state index in [0.717, 1.165) is 29.2 Å². The molecule has 1 aliphatic heterocycles. The summed E-state index contributed by atoms with van der Waals surface area (Å²) in [5, 5.41) is 0. The van der Waals surface area contributed by atoms with Gasteiger partial charge >= 0.3 is 0 Å². The normalized spacial score (nSPS) is 17.8. The van der Waals surface area contributed by atoms with E-state index in [1.54, 1.807) is 18.3 Å². The Morgan fingerprint density at radius 2 is 1.85 bits per heavy atom. The van der Waals surface area contributed by atoms with Crippen LogP contribution in [0.5, 0.6) is 0 Å². The van der Waals surface area contributed by atoms with Gasteiger partial charge in [-0.3, -0.25) is 9.55 Å². The fourth-order valence-electron chi connectivity index (χ4n) is 3.36. The zero-order chi connectivity index (χ0) is 18.9. The lowest BCUT2D eigenvalue weighted by atomic mass is 9.84. The molecule has 0 saturated heterocycles. The van der Waals surface area contributed by atoms with Gasteiger partial charge in [0, 0.05) is 29.6 Å². The van der Waals surface area contributed by atoms with Crippen molar-refractivity contribution in [1.29, 1.82) is 0 Å². The first-order chi connectivity index (χ1) is 12.2. The predicted octanol–water partition coefficient (Wildman–Crippen LogP) is 4.34. The van der Waals surface area contributed by atoms with Crippen molar-refractivity contribution in [2.24, 2.45) is 4.99 Å². The molecule has 0 fully saturated rings. The number of hydrogen-bond donors (Lipinski definition) is 1. The Labute approximate surface area is 154 Å². The Balaban J connectivity index is 2.04. The van der Waals surface area contributed by atoms with Crippen LogP contribution in [-0.2, 0) is 15.5 Å². The third kappa shape index (κ3) is 3.30. The fourth-order valence-corrected chi connectivity index (χ4v) is 3.87. The van der Waals surface area contributed by atoms with Crippen LogP contribution in [0.2, 0.25) is 0 Å². The van der Waals surface area contributed by atoms with Crippen LogP contribution in [0.3, 0.4) is 0 Å². The van der Waals surface area contributed by atoms with Gasteiger partial charge in [0.2, 0.25) is 0 Å². The fraction of sp³-hybridized carbons (Fsp3) is 0.250. The summed E-state index contributed by atoms with van der Waals surface area (Å²) in [5.74, 6) is 0. The third-order valence-electron chi connectivity index (χ3n) is 4.69. The van der Waals surface area contributed by atoms with Gasteiger partial charge in [0.15, 0.2) is 0 Å². The standard InChI is InChI=1S/C20H22N2O3S/c1-4-22-18-11-10-16(26(23,24)25)14-17(18)20(2,3)19(22)12-13-21-15-8-6-5-7-9-15/h5-14H,4H2,1-3H3,(H,23,24,25)/b19-12+,21-13?. The number of benzene rings is 2. The molecule has 0 unspecified atom stereocenters. The van der Waals surface area contributed by atoms with E-state index in [9.17, 15) is 13.0 Å². The molecular formula is C20H22N2O3S. The second kappa shape index (κ2) is 6.70. The molecule has 0 atom stereocenters. The molecule has 0 radical (unpaired) electrons. The molecule has 0 bridgehead atoms. The molecule has 2 aromatic carbocycles. The Hall–Kier alpha value is -2.44. The second-order valence-electron chi connectivity index (χ2n) is 6.69. The maximum Gasteiger partial charge on any atom is 0.294 e. The van der Waals surface area contributed by atoms with E-state index in [2.05, 4.69) is 9.89 Å². The van der Waals surface area contributed by atoms with Crippen LogP contribution < -0.4 is 4.90 Å². The van der Waals surface area contributed by atoms with Gasteiger partial charge in [0.25, 0.3) is 10.1 Å². The largest absolute Gasteiger partial charge is 0.344 e. The van der Waals surface area contributed by atoms with Crippen molar-refractivity contribution in [2.75, 3.05) is 11.4 Å². The van der Waals surface area contributed by atoms with E-state index >= 15 is 0 Å². The lowest BCUT2D eigenvalue weighted by Crippen LogP contribution is -2.26. The quantitative estimate of drug-likeness (QED) is 0.642. The summed E-state index contributed by atoms with van der Waals surface area (Å²) < 4.78 is 32.4. The van der Waals surface area contributed by atoms with Crippen molar-refractivity contribution in [1.82, 2.24) is 0 Å².